The average Bonchev–Trinajstić information content (AvgIpc) is 3.37. The third-order valence-corrected chi connectivity index (χ3v) is 4.13. The Morgan fingerprint density at radius 3 is 2.30 bits per heavy atom. The summed E-state index contributed by atoms with van der Waals surface area (Å²) in [5.41, 5.74) is 0.999. The van der Waals surface area contributed by atoms with Gasteiger partial charge in [-0.2, -0.15) is 0 Å². The van der Waals surface area contributed by atoms with Crippen molar-refractivity contribution in [3.05, 3.63) is 29.8 Å². The number of carbonyl (C=O) groups is 3. The Kier molecular flexibility index (Phi) is 5.36. The Morgan fingerprint density at radius 1 is 1.22 bits per heavy atom. The fourth-order valence-corrected chi connectivity index (χ4v) is 2.20. The van der Waals surface area contributed by atoms with Crippen molar-refractivity contribution < 1.29 is 19.5 Å². The molecular weight excluding hydrogens is 296 g/mol. The van der Waals surface area contributed by atoms with Crippen molar-refractivity contribution >= 4 is 23.5 Å². The van der Waals surface area contributed by atoms with Crippen LogP contribution in [0.4, 0.5) is 5.69 Å². The summed E-state index contributed by atoms with van der Waals surface area (Å²) >= 11 is 0. The van der Waals surface area contributed by atoms with Gasteiger partial charge in [0.1, 0.15) is 6.04 Å². The lowest BCUT2D eigenvalue weighted by Gasteiger charge is -2.20. The van der Waals surface area contributed by atoms with Crippen molar-refractivity contribution in [1.82, 2.24) is 5.32 Å². The number of anilines is 1. The van der Waals surface area contributed by atoms with Crippen LogP contribution in [0.2, 0.25) is 0 Å². The fourth-order valence-electron chi connectivity index (χ4n) is 2.20. The first-order valence-electron chi connectivity index (χ1n) is 7.87. The molecular formula is C17H22N2O4. The smallest absolute Gasteiger partial charge is 0.326 e. The highest BCUT2D eigenvalue weighted by molar-refractivity contribution is 5.98. The number of carboxylic acid groups (broad SMARTS) is 1. The van der Waals surface area contributed by atoms with E-state index in [4.69, 9.17) is 0 Å². The van der Waals surface area contributed by atoms with E-state index in [9.17, 15) is 19.5 Å². The zero-order valence-electron chi connectivity index (χ0n) is 13.3. The predicted molar refractivity (Wildman–Crippen MR) is 86.1 cm³/mol. The Balaban J connectivity index is 1.98. The molecule has 1 aliphatic rings. The third-order valence-electron chi connectivity index (χ3n) is 4.13. The van der Waals surface area contributed by atoms with E-state index in [0.29, 0.717) is 17.7 Å². The summed E-state index contributed by atoms with van der Waals surface area (Å²) in [4.78, 5) is 35.1. The number of rotatable bonds is 7. The third kappa shape index (κ3) is 4.55. The lowest BCUT2D eigenvalue weighted by molar-refractivity contribution is -0.140. The zero-order chi connectivity index (χ0) is 17.0. The van der Waals surface area contributed by atoms with Crippen LogP contribution < -0.4 is 10.6 Å². The molecule has 1 aromatic rings. The van der Waals surface area contributed by atoms with E-state index in [0.717, 1.165) is 12.8 Å². The van der Waals surface area contributed by atoms with Crippen LogP contribution in [-0.4, -0.2) is 28.9 Å². The number of carbonyl (C=O) groups excluding carboxylic acids is 2. The summed E-state index contributed by atoms with van der Waals surface area (Å²) in [6.07, 6.45) is 2.51. The summed E-state index contributed by atoms with van der Waals surface area (Å²) in [6.45, 7) is 3.67. The fraction of sp³-hybridized carbons (Fsp3) is 0.471. The molecule has 0 aromatic heterocycles. The molecule has 0 aliphatic heterocycles. The van der Waals surface area contributed by atoms with Crippen molar-refractivity contribution in [3.63, 3.8) is 0 Å². The van der Waals surface area contributed by atoms with E-state index in [1.807, 2.05) is 6.92 Å². The van der Waals surface area contributed by atoms with Crippen molar-refractivity contribution in [2.24, 2.45) is 11.8 Å². The molecule has 3 N–H and O–H groups in total. The summed E-state index contributed by atoms with van der Waals surface area (Å²) < 4.78 is 0. The van der Waals surface area contributed by atoms with Gasteiger partial charge in [-0.15, -0.1) is 0 Å². The summed E-state index contributed by atoms with van der Waals surface area (Å²) in [5, 5.41) is 14.5. The van der Waals surface area contributed by atoms with Gasteiger partial charge in [0.25, 0.3) is 5.91 Å². The van der Waals surface area contributed by atoms with E-state index >= 15 is 0 Å². The first-order valence-corrected chi connectivity index (χ1v) is 7.87. The second-order valence-corrected chi connectivity index (χ2v) is 6.02. The van der Waals surface area contributed by atoms with E-state index in [2.05, 4.69) is 10.6 Å². The van der Waals surface area contributed by atoms with Gasteiger partial charge in [0.15, 0.2) is 0 Å². The lowest BCUT2D eigenvalue weighted by Crippen LogP contribution is -2.45. The van der Waals surface area contributed by atoms with Gasteiger partial charge in [-0.25, -0.2) is 4.79 Å². The molecule has 1 fully saturated rings. The summed E-state index contributed by atoms with van der Waals surface area (Å²) in [6, 6.07) is 5.53. The zero-order valence-corrected chi connectivity index (χ0v) is 13.3. The van der Waals surface area contributed by atoms with E-state index in [1.165, 1.54) is 0 Å². The first kappa shape index (κ1) is 17.0. The Labute approximate surface area is 135 Å². The van der Waals surface area contributed by atoms with Crippen molar-refractivity contribution in [1.29, 1.82) is 0 Å². The molecule has 0 saturated heterocycles. The molecule has 124 valence electrons. The van der Waals surface area contributed by atoms with Crippen molar-refractivity contribution in [3.8, 4) is 0 Å². The summed E-state index contributed by atoms with van der Waals surface area (Å²) in [7, 11) is 0. The minimum absolute atomic E-state index is 0.00455. The van der Waals surface area contributed by atoms with Crippen LogP contribution in [0.5, 0.6) is 0 Å². The molecule has 0 radical (unpaired) electrons. The second-order valence-electron chi connectivity index (χ2n) is 6.02. The van der Waals surface area contributed by atoms with E-state index < -0.39 is 17.9 Å². The van der Waals surface area contributed by atoms with Crippen LogP contribution in [0.1, 0.15) is 43.5 Å². The lowest BCUT2D eigenvalue weighted by atomic mass is 9.99. The molecule has 0 heterocycles. The van der Waals surface area contributed by atoms with Gasteiger partial charge in [0.05, 0.1) is 0 Å². The molecule has 6 heteroatoms. The second kappa shape index (κ2) is 7.26. The molecule has 2 unspecified atom stereocenters. The molecule has 1 aliphatic carbocycles. The summed E-state index contributed by atoms with van der Waals surface area (Å²) in [5.74, 6) is -1.51. The van der Waals surface area contributed by atoms with Gasteiger partial charge >= 0.3 is 5.97 Å². The van der Waals surface area contributed by atoms with Crippen LogP contribution >= 0.6 is 0 Å². The Morgan fingerprint density at radius 2 is 1.83 bits per heavy atom. The van der Waals surface area contributed by atoms with Crippen LogP contribution in [0.15, 0.2) is 24.3 Å². The number of aliphatic carboxylic acids is 1. The minimum Gasteiger partial charge on any atom is -0.480 e. The molecule has 2 rings (SSSR count). The average molecular weight is 318 g/mol. The standard InChI is InChI=1S/C17H22N2O4/c1-3-10(2)14(17(22)23)19-16(21)12-6-8-13(9-7-12)18-15(20)11-4-5-11/h6-11,14H,3-5H2,1-2H3,(H,18,20)(H,19,21)(H,22,23). The molecule has 0 spiro atoms. The molecule has 23 heavy (non-hydrogen) atoms. The van der Waals surface area contributed by atoms with Crippen LogP contribution in [0.25, 0.3) is 0 Å². The topological polar surface area (TPSA) is 95.5 Å². The van der Waals surface area contributed by atoms with Gasteiger partial charge in [-0.3, -0.25) is 9.59 Å². The number of nitrogens with one attached hydrogen (secondary N) is 2. The number of hydrogen-bond donors (Lipinski definition) is 3. The van der Waals surface area contributed by atoms with Gasteiger partial charge in [-0.1, -0.05) is 20.3 Å². The highest BCUT2D eigenvalue weighted by Gasteiger charge is 2.29. The van der Waals surface area contributed by atoms with Gasteiger partial charge in [0.2, 0.25) is 5.91 Å². The van der Waals surface area contributed by atoms with Gasteiger partial charge in [0, 0.05) is 17.2 Å². The number of carboxylic acids is 1. The maximum Gasteiger partial charge on any atom is 0.326 e. The maximum atomic E-state index is 12.2. The number of amides is 2. The van der Waals surface area contributed by atoms with E-state index in [1.54, 1.807) is 31.2 Å². The molecule has 6 nitrogen and oxygen atoms in total. The van der Waals surface area contributed by atoms with Crippen LogP contribution in [-0.2, 0) is 9.59 Å². The van der Waals surface area contributed by atoms with Crippen molar-refractivity contribution in [2.75, 3.05) is 5.32 Å². The quantitative estimate of drug-likeness (QED) is 0.718. The monoisotopic (exact) mass is 318 g/mol. The van der Waals surface area contributed by atoms with E-state index in [-0.39, 0.29) is 17.7 Å². The Hall–Kier alpha value is -2.37. The normalized spacial score (nSPS) is 16.3. The van der Waals surface area contributed by atoms with Crippen molar-refractivity contribution in [2.45, 2.75) is 39.2 Å². The SMILES string of the molecule is CCC(C)C(NC(=O)c1ccc(NC(=O)C2CC2)cc1)C(=O)O. The van der Waals surface area contributed by atoms with Crippen LogP contribution in [0.3, 0.4) is 0 Å². The molecule has 2 atom stereocenters. The minimum atomic E-state index is -1.04. The number of hydrogen-bond acceptors (Lipinski definition) is 3. The molecule has 2 amide bonds. The molecule has 0 bridgehead atoms. The van der Waals surface area contributed by atoms with Gasteiger partial charge in [-0.05, 0) is 43.0 Å². The van der Waals surface area contributed by atoms with Gasteiger partial charge < -0.3 is 15.7 Å². The maximum absolute atomic E-state index is 12.2. The highest BCUT2D eigenvalue weighted by Crippen LogP contribution is 2.30. The Bertz CT molecular complexity index is 593. The molecule has 1 saturated carbocycles. The largest absolute Gasteiger partial charge is 0.480 e. The highest BCUT2D eigenvalue weighted by atomic mass is 16.4. The van der Waals surface area contributed by atoms with Crippen LogP contribution in [0, 0.1) is 11.8 Å². The number of benzene rings is 1. The predicted octanol–water partition coefficient (Wildman–Crippen LogP) is 2.26. The molecule has 1 aromatic carbocycles. The first-order chi connectivity index (χ1) is 10.9.